The Bertz CT molecular complexity index is 830. The van der Waals surface area contributed by atoms with E-state index in [-0.39, 0.29) is 33.2 Å². The van der Waals surface area contributed by atoms with Crippen LogP contribution in [0.2, 0.25) is 0 Å². The van der Waals surface area contributed by atoms with Crippen molar-refractivity contribution >= 4 is 0 Å². The summed E-state index contributed by atoms with van der Waals surface area (Å²) in [7, 11) is 7.00. The monoisotopic (exact) mass is 552 g/mol. The van der Waals surface area contributed by atoms with Crippen molar-refractivity contribution in [3.63, 3.8) is 0 Å². The van der Waals surface area contributed by atoms with Gasteiger partial charge in [0.05, 0.1) is 14.2 Å². The molecule has 206 valence electrons. The van der Waals surface area contributed by atoms with Crippen LogP contribution in [-0.4, -0.2) is 63.4 Å². The Morgan fingerprint density at radius 2 is 0.946 bits per heavy atom. The fraction of sp³-hybridized carbons (Fsp3) is 0.571. The second-order valence-electron chi connectivity index (χ2n) is 9.48. The fourth-order valence-electron chi connectivity index (χ4n) is 3.24. The molecule has 0 amide bonds. The molecule has 0 unspecified atom stereocenters. The van der Waals surface area contributed by atoms with Crippen LogP contribution >= 0.6 is 0 Å². The van der Waals surface area contributed by atoms with Crippen LogP contribution in [0.4, 0.5) is 0 Å². The van der Waals surface area contributed by atoms with Crippen molar-refractivity contribution in [3.8, 4) is 23.0 Å². The van der Waals surface area contributed by atoms with E-state index in [1.54, 1.807) is 39.8 Å². The van der Waals surface area contributed by atoms with E-state index in [1.807, 2.05) is 40.1 Å². The number of hydrogen-bond donors (Lipinski definition) is 0. The Morgan fingerprint density at radius 1 is 0.676 bits per heavy atom. The number of ether oxygens (including phenoxy) is 2. The maximum absolute atomic E-state index is 12.4. The normalized spacial score (nSPS) is 10.5. The third-order valence-electron chi connectivity index (χ3n) is 4.74. The molecule has 9 heteroatoms. The number of aryl methyl sites for hydroxylation is 2. The second-order valence-corrected chi connectivity index (χ2v) is 9.48. The summed E-state index contributed by atoms with van der Waals surface area (Å²) >= 11 is 0. The molecule has 0 atom stereocenters. The first kappa shape index (κ1) is 37.3. The SMILES string of the molecule is CC(C)[O-].CC(C)[O-].COc1cc(C)cc(CN(C)CCN(C)Cc2cc(C)cc(OC)c2[O-])c1[O-].[Ti+4]. The molecule has 0 bridgehead atoms. The van der Waals surface area contributed by atoms with Crippen molar-refractivity contribution in [2.75, 3.05) is 41.4 Å². The standard InChI is InChI=1S/C22H32N2O4.2C3H7O.Ti/c1-15-9-17(21(25)19(11-15)27-5)13-23(3)7-8-24(4)14-18-10-16(2)12-20(28-6)22(18)26;2*1-3(2)4;/h9-12,25-26H,7-8,13-14H2,1-6H3;2*3H,1-2H3;/q;2*-1;+4/p-2. The van der Waals surface area contributed by atoms with Gasteiger partial charge in [-0.25, -0.2) is 0 Å². The van der Waals surface area contributed by atoms with Gasteiger partial charge in [0, 0.05) is 26.2 Å². The molecule has 0 N–H and O–H groups in total. The molecule has 0 radical (unpaired) electrons. The molecular weight excluding hydrogens is 508 g/mol. The van der Waals surface area contributed by atoms with E-state index < -0.39 is 12.2 Å². The van der Waals surface area contributed by atoms with Gasteiger partial charge in [-0.3, -0.25) is 0 Å². The maximum Gasteiger partial charge on any atom is 4.00 e. The number of methoxy groups -OCH3 is 2. The van der Waals surface area contributed by atoms with Gasteiger partial charge >= 0.3 is 21.7 Å². The van der Waals surface area contributed by atoms with Crippen molar-refractivity contribution in [1.29, 1.82) is 0 Å². The Labute approximate surface area is 238 Å². The first-order valence-corrected chi connectivity index (χ1v) is 12.1. The number of rotatable bonds is 9. The second kappa shape index (κ2) is 19.3. The molecule has 0 aromatic heterocycles. The first-order valence-electron chi connectivity index (χ1n) is 12.1. The van der Waals surface area contributed by atoms with E-state index in [4.69, 9.17) is 9.47 Å². The van der Waals surface area contributed by atoms with E-state index in [2.05, 4.69) is 9.80 Å². The van der Waals surface area contributed by atoms with E-state index in [9.17, 15) is 20.4 Å². The van der Waals surface area contributed by atoms with Gasteiger partial charge in [0.2, 0.25) is 0 Å². The smallest absolute Gasteiger partial charge is 0.870 e. The molecule has 0 saturated carbocycles. The van der Waals surface area contributed by atoms with Gasteiger partial charge in [0.15, 0.2) is 0 Å². The number of benzene rings is 2. The fourth-order valence-corrected chi connectivity index (χ4v) is 3.24. The quantitative estimate of drug-likeness (QED) is 0.430. The number of nitrogens with zero attached hydrogens (tertiary/aromatic N) is 2. The van der Waals surface area contributed by atoms with Crippen LogP contribution in [-0.2, 0) is 34.8 Å². The molecule has 8 nitrogen and oxygen atoms in total. The van der Waals surface area contributed by atoms with E-state index >= 15 is 0 Å². The van der Waals surface area contributed by atoms with Crippen LogP contribution in [0.5, 0.6) is 23.0 Å². The van der Waals surface area contributed by atoms with Gasteiger partial charge in [0.25, 0.3) is 0 Å². The molecule has 2 aromatic carbocycles. The van der Waals surface area contributed by atoms with Gasteiger partial charge in [0.1, 0.15) is 11.5 Å². The minimum Gasteiger partial charge on any atom is -0.870 e. The van der Waals surface area contributed by atoms with Crippen molar-refractivity contribution in [2.45, 2.75) is 66.8 Å². The van der Waals surface area contributed by atoms with Crippen LogP contribution < -0.4 is 29.9 Å². The molecule has 2 rings (SSSR count). The summed E-state index contributed by atoms with van der Waals surface area (Å²) in [6.45, 7) is 13.0. The van der Waals surface area contributed by atoms with Gasteiger partial charge in [-0.1, -0.05) is 51.3 Å². The topological polar surface area (TPSA) is 117 Å². The van der Waals surface area contributed by atoms with Crippen molar-refractivity contribution in [3.05, 3.63) is 46.5 Å². The molecule has 37 heavy (non-hydrogen) atoms. The molecule has 0 fully saturated rings. The van der Waals surface area contributed by atoms with Gasteiger partial charge in [-0.05, 0) is 62.3 Å². The summed E-state index contributed by atoms with van der Waals surface area (Å²) in [5, 5.41) is 43.8. The minimum absolute atomic E-state index is 0. The van der Waals surface area contributed by atoms with Crippen LogP contribution in [0, 0.1) is 13.8 Å². The van der Waals surface area contributed by atoms with Crippen molar-refractivity contribution < 1.29 is 51.6 Å². The Hall–Kier alpha value is -1.81. The van der Waals surface area contributed by atoms with Gasteiger partial charge < -0.3 is 39.7 Å². The van der Waals surface area contributed by atoms with E-state index in [0.29, 0.717) is 24.6 Å². The Kier molecular flexibility index (Phi) is 19.5. The van der Waals surface area contributed by atoms with Crippen molar-refractivity contribution in [2.24, 2.45) is 0 Å². The Balaban J connectivity index is 0. The predicted molar refractivity (Wildman–Crippen MR) is 137 cm³/mol. The molecular formula is C28H44N2O6Ti. The summed E-state index contributed by atoms with van der Waals surface area (Å²) in [5.41, 5.74) is 3.47. The third kappa shape index (κ3) is 15.9. The van der Waals surface area contributed by atoms with Gasteiger partial charge in [-0.15, -0.1) is 12.2 Å². The zero-order valence-electron chi connectivity index (χ0n) is 24.1. The molecule has 0 spiro atoms. The average molecular weight is 553 g/mol. The molecule has 0 saturated heterocycles. The van der Waals surface area contributed by atoms with Crippen LogP contribution in [0.25, 0.3) is 0 Å². The summed E-state index contributed by atoms with van der Waals surface area (Å²) in [6, 6.07) is 7.34. The molecule has 0 heterocycles. The predicted octanol–water partition coefficient (Wildman–Crippen LogP) is 1.54. The average Bonchev–Trinajstić information content (AvgIpc) is 2.76. The van der Waals surface area contributed by atoms with Crippen LogP contribution in [0.1, 0.15) is 49.9 Å². The molecule has 0 aliphatic carbocycles. The van der Waals surface area contributed by atoms with Gasteiger partial charge in [-0.2, -0.15) is 0 Å². The minimum atomic E-state index is -0.417. The van der Waals surface area contributed by atoms with Crippen LogP contribution in [0.3, 0.4) is 0 Å². The number of likely N-dealkylation sites (N-methyl/N-ethyl adjacent to an activating group) is 2. The molecule has 0 aliphatic heterocycles. The van der Waals surface area contributed by atoms with E-state index in [0.717, 1.165) is 35.3 Å². The summed E-state index contributed by atoms with van der Waals surface area (Å²) in [6.07, 6.45) is -0.833. The molecule has 2 aromatic rings. The summed E-state index contributed by atoms with van der Waals surface area (Å²) in [5.74, 6) is 0.654. The summed E-state index contributed by atoms with van der Waals surface area (Å²) in [4.78, 5) is 4.20. The third-order valence-corrected chi connectivity index (χ3v) is 4.74. The zero-order valence-corrected chi connectivity index (χ0v) is 25.7. The van der Waals surface area contributed by atoms with Crippen molar-refractivity contribution in [1.82, 2.24) is 9.80 Å². The first-order chi connectivity index (χ1) is 16.7. The largest absolute Gasteiger partial charge is 4.00 e. The number of hydrogen-bond acceptors (Lipinski definition) is 8. The maximum atomic E-state index is 12.4. The zero-order chi connectivity index (χ0) is 28.0. The van der Waals surface area contributed by atoms with E-state index in [1.165, 1.54) is 14.2 Å². The molecule has 0 aliphatic rings. The van der Waals surface area contributed by atoms with Crippen LogP contribution in [0.15, 0.2) is 24.3 Å². The summed E-state index contributed by atoms with van der Waals surface area (Å²) < 4.78 is 10.3. The Morgan fingerprint density at radius 3 is 1.19 bits per heavy atom.